The minimum Gasteiger partial charge on any atom is -0.493 e. The van der Waals surface area contributed by atoms with Gasteiger partial charge < -0.3 is 15.0 Å². The number of anilines is 1. The lowest BCUT2D eigenvalue weighted by Crippen LogP contribution is -2.31. The number of benzene rings is 2. The summed E-state index contributed by atoms with van der Waals surface area (Å²) in [7, 11) is 3.17. The summed E-state index contributed by atoms with van der Waals surface area (Å²) >= 11 is 6.04. The molecule has 2 aromatic carbocycles. The maximum atomic E-state index is 12.3. The molecule has 1 N–H and O–H groups in total. The van der Waals surface area contributed by atoms with Crippen LogP contribution in [0.2, 0.25) is 5.02 Å². The van der Waals surface area contributed by atoms with Gasteiger partial charge in [-0.1, -0.05) is 29.8 Å². The van der Waals surface area contributed by atoms with E-state index in [1.165, 1.54) is 12.0 Å². The van der Waals surface area contributed by atoms with Crippen molar-refractivity contribution >= 4 is 23.3 Å². The first kappa shape index (κ1) is 16.7. The van der Waals surface area contributed by atoms with E-state index in [2.05, 4.69) is 11.4 Å². The lowest BCUT2D eigenvalue weighted by Gasteiger charge is -2.19. The smallest absolute Gasteiger partial charge is 0.321 e. The first-order valence-electron chi connectivity index (χ1n) is 6.89. The zero-order valence-corrected chi connectivity index (χ0v) is 13.6. The molecule has 6 heteroatoms. The minimum absolute atomic E-state index is 0.298. The Morgan fingerprint density at radius 1 is 1.35 bits per heavy atom. The van der Waals surface area contributed by atoms with Crippen LogP contribution in [0.25, 0.3) is 0 Å². The maximum absolute atomic E-state index is 12.3. The van der Waals surface area contributed by atoms with Crippen LogP contribution in [0.3, 0.4) is 0 Å². The fraction of sp³-hybridized carbons (Fsp3) is 0.176. The van der Waals surface area contributed by atoms with Gasteiger partial charge in [-0.2, -0.15) is 5.26 Å². The van der Waals surface area contributed by atoms with Crippen molar-refractivity contribution in [3.63, 3.8) is 0 Å². The summed E-state index contributed by atoms with van der Waals surface area (Å²) in [6.45, 7) is 0.379. The molecular weight excluding hydrogens is 314 g/mol. The number of hydrogen-bond acceptors (Lipinski definition) is 3. The largest absolute Gasteiger partial charge is 0.493 e. The molecule has 118 valence electrons. The topological polar surface area (TPSA) is 65.4 Å². The number of nitriles is 1. The van der Waals surface area contributed by atoms with Gasteiger partial charge in [0.15, 0.2) is 5.75 Å². The number of urea groups is 1. The van der Waals surface area contributed by atoms with Crippen molar-refractivity contribution in [2.24, 2.45) is 0 Å². The Bertz CT molecular complexity index is 756. The number of halogens is 1. The molecule has 0 atom stereocenters. The van der Waals surface area contributed by atoms with E-state index in [1.807, 2.05) is 6.07 Å². The third kappa shape index (κ3) is 4.15. The number of carbonyl (C=O) groups is 1. The summed E-state index contributed by atoms with van der Waals surface area (Å²) in [4.78, 5) is 13.8. The zero-order valence-electron chi connectivity index (χ0n) is 12.8. The molecule has 0 heterocycles. The van der Waals surface area contributed by atoms with Crippen molar-refractivity contribution in [2.75, 3.05) is 19.5 Å². The first-order valence-corrected chi connectivity index (χ1v) is 7.26. The van der Waals surface area contributed by atoms with Crippen LogP contribution in [0.1, 0.15) is 11.1 Å². The number of carbonyl (C=O) groups excluding carboxylic acids is 1. The summed E-state index contributed by atoms with van der Waals surface area (Å²) in [5.41, 5.74) is 1.94. The van der Waals surface area contributed by atoms with Crippen LogP contribution in [-0.4, -0.2) is 25.1 Å². The van der Waals surface area contributed by atoms with Crippen LogP contribution in [0.15, 0.2) is 42.5 Å². The molecule has 0 aromatic heterocycles. The number of para-hydroxylation sites is 1. The highest BCUT2D eigenvalue weighted by Gasteiger charge is 2.14. The van der Waals surface area contributed by atoms with Crippen molar-refractivity contribution in [3.05, 3.63) is 58.6 Å². The molecule has 0 fully saturated rings. The van der Waals surface area contributed by atoms with Crippen LogP contribution >= 0.6 is 11.6 Å². The van der Waals surface area contributed by atoms with Gasteiger partial charge in [0.25, 0.3) is 0 Å². The molecule has 0 aliphatic rings. The highest BCUT2D eigenvalue weighted by atomic mass is 35.5. The van der Waals surface area contributed by atoms with Gasteiger partial charge in [-0.3, -0.25) is 0 Å². The monoisotopic (exact) mass is 329 g/mol. The summed E-state index contributed by atoms with van der Waals surface area (Å²) in [6.07, 6.45) is 0. The fourth-order valence-corrected chi connectivity index (χ4v) is 2.36. The Morgan fingerprint density at radius 2 is 2.09 bits per heavy atom. The third-order valence-electron chi connectivity index (χ3n) is 3.24. The van der Waals surface area contributed by atoms with Gasteiger partial charge in [-0.05, 0) is 29.8 Å². The summed E-state index contributed by atoms with van der Waals surface area (Å²) < 4.78 is 5.20. The molecule has 2 aromatic rings. The van der Waals surface area contributed by atoms with Crippen LogP contribution in [0, 0.1) is 11.3 Å². The van der Waals surface area contributed by atoms with Gasteiger partial charge in [-0.25, -0.2) is 4.79 Å². The molecule has 0 saturated carbocycles. The molecule has 0 aliphatic carbocycles. The predicted octanol–water partition coefficient (Wildman–Crippen LogP) is 3.88. The van der Waals surface area contributed by atoms with Gasteiger partial charge in [0, 0.05) is 13.6 Å². The Labute approximate surface area is 140 Å². The summed E-state index contributed by atoms with van der Waals surface area (Å²) in [5.74, 6) is 0.419. The molecule has 0 aliphatic heterocycles. The molecule has 2 amide bonds. The van der Waals surface area contributed by atoms with Gasteiger partial charge in [0.05, 0.1) is 29.5 Å². The number of nitrogens with one attached hydrogen (secondary N) is 1. The summed E-state index contributed by atoms with van der Waals surface area (Å²) in [6, 6.07) is 14.1. The van der Waals surface area contributed by atoms with E-state index in [0.29, 0.717) is 28.6 Å². The highest BCUT2D eigenvalue weighted by Crippen LogP contribution is 2.32. The van der Waals surface area contributed by atoms with E-state index in [9.17, 15) is 4.79 Å². The fourth-order valence-electron chi connectivity index (χ4n) is 2.11. The standard InChI is InChI=1S/C17H16ClN3O2/c1-21(11-13-6-3-5-12(9-13)10-19)17(22)20-15-8-4-7-14(18)16(15)23-2/h3-9H,11H2,1-2H3,(H,20,22). The van der Waals surface area contributed by atoms with Crippen molar-refractivity contribution in [2.45, 2.75) is 6.54 Å². The average Bonchev–Trinajstić information content (AvgIpc) is 2.55. The van der Waals surface area contributed by atoms with Crippen molar-refractivity contribution in [1.82, 2.24) is 4.90 Å². The Balaban J connectivity index is 2.09. The van der Waals surface area contributed by atoms with Crippen molar-refractivity contribution in [1.29, 1.82) is 5.26 Å². The second-order valence-electron chi connectivity index (χ2n) is 4.92. The van der Waals surface area contributed by atoms with E-state index in [4.69, 9.17) is 21.6 Å². The lowest BCUT2D eigenvalue weighted by molar-refractivity contribution is 0.220. The molecule has 0 radical (unpaired) electrons. The van der Waals surface area contributed by atoms with E-state index in [0.717, 1.165) is 5.56 Å². The predicted molar refractivity (Wildman–Crippen MR) is 89.6 cm³/mol. The van der Waals surface area contributed by atoms with Gasteiger partial charge in [0.2, 0.25) is 0 Å². The Kier molecular flexibility index (Phi) is 5.45. The molecule has 5 nitrogen and oxygen atoms in total. The molecular formula is C17H16ClN3O2. The highest BCUT2D eigenvalue weighted by molar-refractivity contribution is 6.32. The Morgan fingerprint density at radius 3 is 2.78 bits per heavy atom. The minimum atomic E-state index is -0.298. The van der Waals surface area contributed by atoms with Crippen LogP contribution in [0.4, 0.5) is 10.5 Å². The van der Waals surface area contributed by atoms with Crippen molar-refractivity contribution < 1.29 is 9.53 Å². The normalized spacial score (nSPS) is 9.83. The summed E-state index contributed by atoms with van der Waals surface area (Å²) in [5, 5.41) is 12.1. The second kappa shape index (κ2) is 7.52. The molecule has 2 rings (SSSR count). The first-order chi connectivity index (χ1) is 11.0. The van der Waals surface area contributed by atoms with Crippen LogP contribution < -0.4 is 10.1 Å². The molecule has 0 bridgehead atoms. The Hall–Kier alpha value is -2.71. The third-order valence-corrected chi connectivity index (χ3v) is 3.53. The van der Waals surface area contributed by atoms with Gasteiger partial charge in [-0.15, -0.1) is 0 Å². The average molecular weight is 330 g/mol. The van der Waals surface area contributed by atoms with Crippen LogP contribution in [0.5, 0.6) is 5.75 Å². The van der Waals surface area contributed by atoms with Gasteiger partial charge >= 0.3 is 6.03 Å². The molecule has 0 unspecified atom stereocenters. The van der Waals surface area contributed by atoms with E-state index >= 15 is 0 Å². The molecule has 0 spiro atoms. The van der Waals surface area contributed by atoms with Crippen LogP contribution in [-0.2, 0) is 6.54 Å². The quantitative estimate of drug-likeness (QED) is 0.925. The SMILES string of the molecule is COc1c(Cl)cccc1NC(=O)N(C)Cc1cccc(C#N)c1. The maximum Gasteiger partial charge on any atom is 0.321 e. The van der Waals surface area contributed by atoms with E-state index in [-0.39, 0.29) is 6.03 Å². The zero-order chi connectivity index (χ0) is 16.8. The molecule has 23 heavy (non-hydrogen) atoms. The number of methoxy groups -OCH3 is 1. The number of nitrogens with zero attached hydrogens (tertiary/aromatic N) is 2. The number of amides is 2. The van der Waals surface area contributed by atoms with Gasteiger partial charge in [0.1, 0.15) is 0 Å². The van der Waals surface area contributed by atoms with Crippen molar-refractivity contribution in [3.8, 4) is 11.8 Å². The van der Waals surface area contributed by atoms with E-state index < -0.39 is 0 Å². The molecule has 0 saturated heterocycles. The lowest BCUT2D eigenvalue weighted by atomic mass is 10.1. The number of ether oxygens (including phenoxy) is 1. The number of hydrogen-bond donors (Lipinski definition) is 1. The second-order valence-corrected chi connectivity index (χ2v) is 5.33. The van der Waals surface area contributed by atoms with E-state index in [1.54, 1.807) is 43.4 Å². The number of rotatable bonds is 4.